The van der Waals surface area contributed by atoms with E-state index in [2.05, 4.69) is 0 Å². The van der Waals surface area contributed by atoms with Crippen LogP contribution in [-0.4, -0.2) is 11.7 Å². The maximum Gasteiger partial charge on any atom is 0.115 e. The van der Waals surface area contributed by atoms with Gasteiger partial charge in [0.1, 0.15) is 5.75 Å². The molecule has 0 atom stereocenters. The molecule has 0 heterocycles. The van der Waals surface area contributed by atoms with E-state index in [0.717, 1.165) is 12.0 Å². The number of phenolic OH excluding ortho intramolecular Hbond substituents is 1. The average molecular weight is 136 g/mol. The first-order valence-corrected chi connectivity index (χ1v) is 3.25. The lowest BCUT2D eigenvalue weighted by atomic mass is 10.1. The maximum absolute atomic E-state index is 8.88. The molecule has 1 aromatic rings. The van der Waals surface area contributed by atoms with E-state index in [9.17, 15) is 0 Å². The highest BCUT2D eigenvalue weighted by atomic mass is 16.3. The quantitative estimate of drug-likeness (QED) is 0.652. The molecule has 2 N–H and O–H groups in total. The van der Waals surface area contributed by atoms with Crippen LogP contribution in [0, 0.1) is 0 Å². The number of aromatic hydroxyl groups is 1. The summed E-state index contributed by atoms with van der Waals surface area (Å²) in [6.45, 7) is 0.408. The third kappa shape index (κ3) is 1.74. The second-order valence-corrected chi connectivity index (χ2v) is 2.17. The third-order valence-corrected chi connectivity index (χ3v) is 1.35. The van der Waals surface area contributed by atoms with Crippen LogP contribution in [0.1, 0.15) is 5.56 Å². The monoisotopic (exact) mass is 136 g/mol. The van der Waals surface area contributed by atoms with Gasteiger partial charge < -0.3 is 5.11 Å². The first-order valence-electron chi connectivity index (χ1n) is 3.25. The summed E-state index contributed by atoms with van der Waals surface area (Å²) in [6, 6.07) is 6.96. The number of nitrogens with one attached hydrogen (secondary N) is 1. The van der Waals surface area contributed by atoms with Crippen molar-refractivity contribution >= 4 is 0 Å². The number of phenols is 1. The van der Waals surface area contributed by atoms with E-state index < -0.39 is 0 Å². The number of hydrogen-bond acceptors (Lipinski definition) is 1. The Morgan fingerprint density at radius 2 is 1.80 bits per heavy atom. The van der Waals surface area contributed by atoms with E-state index in [1.54, 1.807) is 12.1 Å². The van der Waals surface area contributed by atoms with Crippen molar-refractivity contribution in [3.8, 4) is 5.75 Å². The van der Waals surface area contributed by atoms with E-state index >= 15 is 0 Å². The molecule has 1 rings (SSSR count). The van der Waals surface area contributed by atoms with Crippen LogP contribution in [-0.2, 0) is 6.42 Å². The van der Waals surface area contributed by atoms with Gasteiger partial charge in [-0.15, -0.1) is 0 Å². The summed E-state index contributed by atoms with van der Waals surface area (Å²) in [5.74, 6) is 0.286. The third-order valence-electron chi connectivity index (χ3n) is 1.35. The van der Waals surface area contributed by atoms with Crippen molar-refractivity contribution in [2.45, 2.75) is 6.42 Å². The van der Waals surface area contributed by atoms with Gasteiger partial charge in [-0.3, -0.25) is 5.73 Å². The smallest absolute Gasteiger partial charge is 0.115 e. The van der Waals surface area contributed by atoms with Gasteiger partial charge in [0.05, 0.1) is 0 Å². The SMILES string of the molecule is [NH]CCc1ccc(O)cc1. The van der Waals surface area contributed by atoms with Crippen molar-refractivity contribution in [1.29, 1.82) is 0 Å². The minimum atomic E-state index is 0.286. The Bertz CT molecular complexity index is 193. The van der Waals surface area contributed by atoms with Gasteiger partial charge in [0.2, 0.25) is 0 Å². The Balaban J connectivity index is 2.69. The van der Waals surface area contributed by atoms with Gasteiger partial charge >= 0.3 is 0 Å². The van der Waals surface area contributed by atoms with Crippen LogP contribution in [0.25, 0.3) is 0 Å². The van der Waals surface area contributed by atoms with E-state index in [4.69, 9.17) is 10.8 Å². The standard InChI is InChI=1S/C8H10NO/c9-6-5-7-1-3-8(10)4-2-7/h1-4,9-10H,5-6H2. The second-order valence-electron chi connectivity index (χ2n) is 2.17. The largest absolute Gasteiger partial charge is 0.508 e. The molecular formula is C8H10NO. The molecule has 0 aliphatic carbocycles. The van der Waals surface area contributed by atoms with Crippen molar-refractivity contribution in [3.63, 3.8) is 0 Å². The van der Waals surface area contributed by atoms with Crippen molar-refractivity contribution in [2.75, 3.05) is 6.54 Å². The summed E-state index contributed by atoms with van der Waals surface area (Å²) in [7, 11) is 0. The summed E-state index contributed by atoms with van der Waals surface area (Å²) >= 11 is 0. The lowest BCUT2D eigenvalue weighted by Crippen LogP contribution is -1.90. The van der Waals surface area contributed by atoms with E-state index in [0.29, 0.717) is 6.54 Å². The Labute approximate surface area is 60.3 Å². The zero-order chi connectivity index (χ0) is 7.40. The Kier molecular flexibility index (Phi) is 2.29. The van der Waals surface area contributed by atoms with Crippen LogP contribution in [0.5, 0.6) is 5.75 Å². The summed E-state index contributed by atoms with van der Waals surface area (Å²) in [6.07, 6.45) is 0.764. The zero-order valence-corrected chi connectivity index (χ0v) is 5.67. The molecular weight excluding hydrogens is 126 g/mol. The highest BCUT2D eigenvalue weighted by molar-refractivity contribution is 5.25. The predicted molar refractivity (Wildman–Crippen MR) is 39.8 cm³/mol. The van der Waals surface area contributed by atoms with Crippen LogP contribution in [0.3, 0.4) is 0 Å². The molecule has 10 heavy (non-hydrogen) atoms. The molecule has 0 spiro atoms. The molecule has 0 saturated carbocycles. The highest BCUT2D eigenvalue weighted by Gasteiger charge is 1.89. The van der Waals surface area contributed by atoms with Crippen LogP contribution < -0.4 is 5.73 Å². The lowest BCUT2D eigenvalue weighted by molar-refractivity contribution is 0.475. The number of benzene rings is 1. The molecule has 0 fully saturated rings. The summed E-state index contributed by atoms with van der Waals surface area (Å²) < 4.78 is 0. The van der Waals surface area contributed by atoms with Crippen LogP contribution in [0.2, 0.25) is 0 Å². The molecule has 0 saturated heterocycles. The van der Waals surface area contributed by atoms with Gasteiger partial charge in [0, 0.05) is 6.54 Å². The van der Waals surface area contributed by atoms with Gasteiger partial charge in [0.25, 0.3) is 0 Å². The predicted octanol–water partition coefficient (Wildman–Crippen LogP) is 1.22. The normalized spacial score (nSPS) is 9.70. The number of rotatable bonds is 2. The summed E-state index contributed by atoms with van der Waals surface area (Å²) in [5, 5.41) is 8.88. The molecule has 0 bridgehead atoms. The van der Waals surface area contributed by atoms with Gasteiger partial charge in [-0.2, -0.15) is 0 Å². The van der Waals surface area contributed by atoms with Gasteiger partial charge in [-0.1, -0.05) is 12.1 Å². The maximum atomic E-state index is 8.88. The Morgan fingerprint density at radius 1 is 1.20 bits per heavy atom. The fourth-order valence-corrected chi connectivity index (χ4v) is 0.807. The van der Waals surface area contributed by atoms with E-state index in [1.165, 1.54) is 0 Å². The fourth-order valence-electron chi connectivity index (χ4n) is 0.807. The highest BCUT2D eigenvalue weighted by Crippen LogP contribution is 2.09. The fraction of sp³-hybridized carbons (Fsp3) is 0.250. The topological polar surface area (TPSA) is 44.0 Å². The van der Waals surface area contributed by atoms with Crippen LogP contribution in [0.15, 0.2) is 24.3 Å². The number of hydrogen-bond donors (Lipinski definition) is 1. The molecule has 0 aromatic heterocycles. The van der Waals surface area contributed by atoms with Gasteiger partial charge in [-0.05, 0) is 24.1 Å². The first kappa shape index (κ1) is 7.09. The van der Waals surface area contributed by atoms with Crippen molar-refractivity contribution < 1.29 is 5.11 Å². The summed E-state index contributed by atoms with van der Waals surface area (Å²) in [5.41, 5.74) is 8.04. The minimum absolute atomic E-state index is 0.286. The zero-order valence-electron chi connectivity index (χ0n) is 5.67. The average Bonchev–Trinajstić information content (AvgIpc) is 1.95. The molecule has 53 valence electrons. The van der Waals surface area contributed by atoms with E-state index in [1.807, 2.05) is 12.1 Å². The molecule has 0 amide bonds. The van der Waals surface area contributed by atoms with Crippen molar-refractivity contribution in [3.05, 3.63) is 29.8 Å². The van der Waals surface area contributed by atoms with Crippen molar-refractivity contribution in [2.24, 2.45) is 0 Å². The van der Waals surface area contributed by atoms with Crippen LogP contribution >= 0.6 is 0 Å². The first-order chi connectivity index (χ1) is 4.83. The molecule has 2 heteroatoms. The lowest BCUT2D eigenvalue weighted by Gasteiger charge is -1.96. The van der Waals surface area contributed by atoms with Crippen molar-refractivity contribution in [1.82, 2.24) is 5.73 Å². The molecule has 2 nitrogen and oxygen atoms in total. The Morgan fingerprint density at radius 3 is 2.30 bits per heavy atom. The van der Waals surface area contributed by atoms with Gasteiger partial charge in [-0.25, -0.2) is 0 Å². The summed E-state index contributed by atoms with van der Waals surface area (Å²) in [4.78, 5) is 0. The van der Waals surface area contributed by atoms with Gasteiger partial charge in [0.15, 0.2) is 0 Å². The second kappa shape index (κ2) is 3.22. The molecule has 1 radical (unpaired) electrons. The minimum Gasteiger partial charge on any atom is -0.508 e. The molecule has 1 aromatic carbocycles. The molecule has 0 unspecified atom stereocenters. The molecule has 0 aliphatic heterocycles. The van der Waals surface area contributed by atoms with E-state index in [-0.39, 0.29) is 5.75 Å². The van der Waals surface area contributed by atoms with Crippen LogP contribution in [0.4, 0.5) is 0 Å². The molecule has 0 aliphatic rings. The Hall–Kier alpha value is -1.02.